The van der Waals surface area contributed by atoms with Gasteiger partial charge in [0.2, 0.25) is 6.29 Å². The van der Waals surface area contributed by atoms with E-state index in [0.717, 1.165) is 5.56 Å². The van der Waals surface area contributed by atoms with Gasteiger partial charge in [-0.1, -0.05) is 30.3 Å². The van der Waals surface area contributed by atoms with E-state index in [1.54, 1.807) is 0 Å². The third-order valence-electron chi connectivity index (χ3n) is 1.46. The summed E-state index contributed by atoms with van der Waals surface area (Å²) in [5.41, 5.74) is 1.03. The van der Waals surface area contributed by atoms with Gasteiger partial charge in [0.25, 0.3) is 0 Å². The van der Waals surface area contributed by atoms with Crippen LogP contribution in [0.3, 0.4) is 0 Å². The Hall–Kier alpha value is -1.64. The van der Waals surface area contributed by atoms with Crippen molar-refractivity contribution in [3.63, 3.8) is 0 Å². The third-order valence-corrected chi connectivity index (χ3v) is 1.46. The molecule has 1 aromatic rings. The standard InChI is InChI=1S/C10H9O3/c11-8-10(12)13-7-6-9-4-2-1-3-5-9/h1-5,7-8H,6H2. The fraction of sp³-hybridized carbons (Fsp3) is 0.100. The van der Waals surface area contributed by atoms with Crippen LogP contribution in [0.25, 0.3) is 0 Å². The molecule has 0 fully saturated rings. The van der Waals surface area contributed by atoms with Crippen LogP contribution in [0.4, 0.5) is 0 Å². The molecule has 1 radical (unpaired) electrons. The molecule has 0 bridgehead atoms. The number of hydrogen-bond donors (Lipinski definition) is 0. The SMILES string of the molecule is O=CC(=O)O[CH]Cc1ccccc1. The summed E-state index contributed by atoms with van der Waals surface area (Å²) in [5, 5.41) is 0. The minimum atomic E-state index is -0.865. The number of carbonyl (C=O) groups excluding carboxylic acids is 2. The minimum absolute atomic E-state index is 0.140. The molecular weight excluding hydrogens is 168 g/mol. The summed E-state index contributed by atoms with van der Waals surface area (Å²) in [7, 11) is 0. The molecule has 0 saturated heterocycles. The fourth-order valence-electron chi connectivity index (χ4n) is 0.862. The monoisotopic (exact) mass is 177 g/mol. The lowest BCUT2D eigenvalue weighted by Crippen LogP contribution is -2.03. The maximum Gasteiger partial charge on any atom is 0.371 e. The van der Waals surface area contributed by atoms with E-state index in [-0.39, 0.29) is 6.29 Å². The van der Waals surface area contributed by atoms with Gasteiger partial charge in [0, 0.05) is 6.42 Å². The lowest BCUT2D eigenvalue weighted by atomic mass is 10.2. The van der Waals surface area contributed by atoms with Gasteiger partial charge in [-0.15, -0.1) is 0 Å². The Morgan fingerprint density at radius 3 is 2.62 bits per heavy atom. The Bertz CT molecular complexity index is 279. The fourth-order valence-corrected chi connectivity index (χ4v) is 0.862. The summed E-state index contributed by atoms with van der Waals surface area (Å²) in [4.78, 5) is 20.2. The van der Waals surface area contributed by atoms with Crippen molar-refractivity contribution in [2.75, 3.05) is 0 Å². The maximum atomic E-state index is 10.4. The Morgan fingerprint density at radius 2 is 2.00 bits per heavy atom. The van der Waals surface area contributed by atoms with Crippen LogP contribution in [0.15, 0.2) is 30.3 Å². The second-order valence-corrected chi connectivity index (χ2v) is 2.41. The number of ether oxygens (including phenoxy) is 1. The Labute approximate surface area is 76.3 Å². The van der Waals surface area contributed by atoms with E-state index in [4.69, 9.17) is 0 Å². The van der Waals surface area contributed by atoms with E-state index >= 15 is 0 Å². The van der Waals surface area contributed by atoms with Gasteiger partial charge in [-0.3, -0.25) is 4.79 Å². The van der Waals surface area contributed by atoms with Crippen LogP contribution in [-0.4, -0.2) is 12.3 Å². The average molecular weight is 177 g/mol. The molecule has 3 heteroatoms. The molecule has 3 nitrogen and oxygen atoms in total. The van der Waals surface area contributed by atoms with Crippen LogP contribution in [0.1, 0.15) is 5.56 Å². The topological polar surface area (TPSA) is 43.4 Å². The van der Waals surface area contributed by atoms with E-state index in [1.165, 1.54) is 6.61 Å². The molecule has 0 aliphatic carbocycles. The zero-order chi connectivity index (χ0) is 9.52. The van der Waals surface area contributed by atoms with Crippen molar-refractivity contribution >= 4 is 12.3 Å². The predicted octanol–water partition coefficient (Wildman–Crippen LogP) is 1.13. The Morgan fingerprint density at radius 1 is 1.31 bits per heavy atom. The zero-order valence-electron chi connectivity index (χ0n) is 6.97. The summed E-state index contributed by atoms with van der Waals surface area (Å²) in [6.07, 6.45) is 0.655. The summed E-state index contributed by atoms with van der Waals surface area (Å²) < 4.78 is 4.46. The van der Waals surface area contributed by atoms with Gasteiger partial charge in [0.05, 0.1) is 0 Å². The minimum Gasteiger partial charge on any atom is -0.453 e. The van der Waals surface area contributed by atoms with Crippen molar-refractivity contribution in [2.24, 2.45) is 0 Å². The van der Waals surface area contributed by atoms with Crippen LogP contribution >= 0.6 is 0 Å². The number of aldehydes is 1. The molecule has 0 unspecified atom stereocenters. The number of hydrogen-bond acceptors (Lipinski definition) is 3. The number of esters is 1. The van der Waals surface area contributed by atoms with Crippen LogP contribution in [0, 0.1) is 6.61 Å². The van der Waals surface area contributed by atoms with Gasteiger partial charge in [-0.25, -0.2) is 4.79 Å². The summed E-state index contributed by atoms with van der Waals surface area (Å²) in [6.45, 7) is 1.31. The van der Waals surface area contributed by atoms with Crippen LogP contribution in [0.5, 0.6) is 0 Å². The Balaban J connectivity index is 2.28. The molecule has 0 spiro atoms. The van der Waals surface area contributed by atoms with E-state index in [0.29, 0.717) is 6.42 Å². The van der Waals surface area contributed by atoms with Gasteiger partial charge in [0.15, 0.2) is 0 Å². The Kier molecular flexibility index (Phi) is 3.70. The molecule has 0 aliphatic rings. The highest BCUT2D eigenvalue weighted by atomic mass is 16.5. The third kappa shape index (κ3) is 3.51. The number of rotatable bonds is 4. The molecular formula is C10H9O3. The molecule has 0 saturated carbocycles. The normalized spacial score (nSPS) is 9.23. The van der Waals surface area contributed by atoms with E-state index in [9.17, 15) is 9.59 Å². The van der Waals surface area contributed by atoms with Gasteiger partial charge < -0.3 is 4.74 Å². The van der Waals surface area contributed by atoms with Crippen molar-refractivity contribution in [2.45, 2.75) is 6.42 Å². The van der Waals surface area contributed by atoms with Crippen LogP contribution in [-0.2, 0) is 20.7 Å². The first kappa shape index (κ1) is 9.45. The largest absolute Gasteiger partial charge is 0.453 e. The maximum absolute atomic E-state index is 10.4. The van der Waals surface area contributed by atoms with E-state index < -0.39 is 5.97 Å². The van der Waals surface area contributed by atoms with Crippen molar-refractivity contribution in [1.82, 2.24) is 0 Å². The van der Waals surface area contributed by atoms with Crippen LogP contribution < -0.4 is 0 Å². The highest BCUT2D eigenvalue weighted by Crippen LogP contribution is 2.01. The second kappa shape index (κ2) is 5.09. The molecule has 0 N–H and O–H groups in total. The molecule has 0 aromatic heterocycles. The predicted molar refractivity (Wildman–Crippen MR) is 46.6 cm³/mol. The van der Waals surface area contributed by atoms with Crippen molar-refractivity contribution < 1.29 is 14.3 Å². The molecule has 1 aromatic carbocycles. The lowest BCUT2D eigenvalue weighted by molar-refractivity contribution is -0.145. The van der Waals surface area contributed by atoms with E-state index in [1.807, 2.05) is 30.3 Å². The summed E-state index contributed by atoms with van der Waals surface area (Å²) in [5.74, 6) is -0.865. The van der Waals surface area contributed by atoms with Crippen LogP contribution in [0.2, 0.25) is 0 Å². The second-order valence-electron chi connectivity index (χ2n) is 2.41. The smallest absolute Gasteiger partial charge is 0.371 e. The summed E-state index contributed by atoms with van der Waals surface area (Å²) in [6, 6.07) is 9.51. The molecule has 0 heterocycles. The zero-order valence-corrected chi connectivity index (χ0v) is 6.97. The molecule has 0 aliphatic heterocycles. The summed E-state index contributed by atoms with van der Waals surface area (Å²) >= 11 is 0. The van der Waals surface area contributed by atoms with Gasteiger partial charge >= 0.3 is 5.97 Å². The molecule has 67 valence electrons. The van der Waals surface area contributed by atoms with E-state index in [2.05, 4.69) is 4.74 Å². The first-order chi connectivity index (χ1) is 6.33. The average Bonchev–Trinajstić information content (AvgIpc) is 2.19. The first-order valence-corrected chi connectivity index (χ1v) is 3.84. The quantitative estimate of drug-likeness (QED) is 0.393. The van der Waals surface area contributed by atoms with Crippen molar-refractivity contribution in [1.29, 1.82) is 0 Å². The number of benzene rings is 1. The highest BCUT2D eigenvalue weighted by Gasteiger charge is 1.99. The highest BCUT2D eigenvalue weighted by molar-refractivity contribution is 6.20. The molecule has 0 atom stereocenters. The molecule has 1 rings (SSSR count). The molecule has 13 heavy (non-hydrogen) atoms. The van der Waals surface area contributed by atoms with Gasteiger partial charge in [0.1, 0.15) is 6.61 Å². The molecule has 0 amide bonds. The number of carbonyl (C=O) groups is 2. The van der Waals surface area contributed by atoms with Gasteiger partial charge in [-0.2, -0.15) is 0 Å². The van der Waals surface area contributed by atoms with Crippen molar-refractivity contribution in [3.8, 4) is 0 Å². The van der Waals surface area contributed by atoms with Crippen molar-refractivity contribution in [3.05, 3.63) is 42.5 Å². The lowest BCUT2D eigenvalue weighted by Gasteiger charge is -1.99. The first-order valence-electron chi connectivity index (χ1n) is 3.84. The van der Waals surface area contributed by atoms with Gasteiger partial charge in [-0.05, 0) is 5.56 Å².